The molecule has 0 radical (unpaired) electrons. The van der Waals surface area contributed by atoms with Crippen LogP contribution in [0.4, 0.5) is 8.78 Å². The van der Waals surface area contributed by atoms with Crippen molar-refractivity contribution in [1.29, 1.82) is 0 Å². The molecular weight excluding hydrogens is 320 g/mol. The summed E-state index contributed by atoms with van der Waals surface area (Å²) in [6.45, 7) is 0. The fourth-order valence-electron chi connectivity index (χ4n) is 1.59. The molecule has 0 bridgehead atoms. The Hall–Kier alpha value is -1.80. The van der Waals surface area contributed by atoms with Gasteiger partial charge in [0.15, 0.2) is 0 Å². The lowest BCUT2D eigenvalue weighted by Gasteiger charge is -2.15. The van der Waals surface area contributed by atoms with Crippen LogP contribution in [0, 0.1) is 0 Å². The van der Waals surface area contributed by atoms with Gasteiger partial charge >= 0.3 is 11.8 Å². The van der Waals surface area contributed by atoms with Gasteiger partial charge in [0.1, 0.15) is 0 Å². The maximum absolute atomic E-state index is 13.8. The van der Waals surface area contributed by atoms with Crippen LogP contribution in [0.5, 0.6) is 0 Å². The van der Waals surface area contributed by atoms with Crippen LogP contribution in [0.25, 0.3) is 0 Å². The number of nitrogens with one attached hydrogen (secondary N) is 1. The first-order valence-electron chi connectivity index (χ1n) is 5.82. The molecule has 0 aliphatic heterocycles. The Bertz CT molecular complexity index is 713. The number of alkyl halides is 2. The van der Waals surface area contributed by atoms with E-state index in [-0.39, 0.29) is 10.5 Å². The highest BCUT2D eigenvalue weighted by Gasteiger charge is 2.41. The third-order valence-electron chi connectivity index (χ3n) is 2.63. The highest BCUT2D eigenvalue weighted by Crippen LogP contribution is 2.22. The molecule has 112 valence electrons. The minimum Gasteiger partial charge on any atom is -0.267 e. The van der Waals surface area contributed by atoms with E-state index < -0.39 is 28.3 Å². The fourth-order valence-corrected chi connectivity index (χ4v) is 3.63. The quantitative estimate of drug-likeness (QED) is 0.915. The standard InChI is InChI=1S/C13H11F2NO3S2/c14-13(15,8-10-4-2-1-3-5-10)12(17)16-21(18,19)11-6-7-20-9-11/h1-7,9H,8H2,(H,16,17). The Morgan fingerprint density at radius 1 is 1.19 bits per heavy atom. The summed E-state index contributed by atoms with van der Waals surface area (Å²) < 4.78 is 52.5. The topological polar surface area (TPSA) is 63.2 Å². The van der Waals surface area contributed by atoms with Crippen molar-refractivity contribution in [3.8, 4) is 0 Å². The average molecular weight is 331 g/mol. The molecule has 8 heteroatoms. The van der Waals surface area contributed by atoms with Crippen molar-refractivity contribution in [2.75, 3.05) is 0 Å². The fraction of sp³-hybridized carbons (Fsp3) is 0.154. The number of benzene rings is 1. The zero-order valence-corrected chi connectivity index (χ0v) is 12.3. The number of carbonyl (C=O) groups excluding carboxylic acids is 1. The summed E-state index contributed by atoms with van der Waals surface area (Å²) in [4.78, 5) is 11.3. The van der Waals surface area contributed by atoms with Gasteiger partial charge in [-0.2, -0.15) is 20.1 Å². The number of hydrogen-bond acceptors (Lipinski definition) is 4. The Morgan fingerprint density at radius 2 is 1.86 bits per heavy atom. The Labute approximate surface area is 124 Å². The Morgan fingerprint density at radius 3 is 2.43 bits per heavy atom. The van der Waals surface area contributed by atoms with Crippen molar-refractivity contribution >= 4 is 27.3 Å². The smallest absolute Gasteiger partial charge is 0.267 e. The third-order valence-corrected chi connectivity index (χ3v) is 4.79. The number of thiophene rings is 1. The molecular formula is C13H11F2NO3S2. The van der Waals surface area contributed by atoms with Gasteiger partial charge < -0.3 is 0 Å². The molecule has 0 aliphatic carbocycles. The van der Waals surface area contributed by atoms with E-state index in [9.17, 15) is 22.0 Å². The van der Waals surface area contributed by atoms with E-state index in [1.165, 1.54) is 33.7 Å². The van der Waals surface area contributed by atoms with Crippen molar-refractivity contribution in [2.24, 2.45) is 0 Å². The lowest BCUT2D eigenvalue weighted by Crippen LogP contribution is -2.44. The van der Waals surface area contributed by atoms with Crippen LogP contribution in [0.1, 0.15) is 5.56 Å². The van der Waals surface area contributed by atoms with Gasteiger partial charge in [-0.1, -0.05) is 30.3 Å². The van der Waals surface area contributed by atoms with Crippen molar-refractivity contribution in [3.63, 3.8) is 0 Å². The molecule has 2 aromatic rings. The second kappa shape index (κ2) is 5.90. The molecule has 0 aliphatic rings. The van der Waals surface area contributed by atoms with E-state index in [1.54, 1.807) is 18.2 Å². The molecule has 0 saturated heterocycles. The monoisotopic (exact) mass is 331 g/mol. The van der Waals surface area contributed by atoms with Crippen molar-refractivity contribution in [2.45, 2.75) is 17.2 Å². The predicted molar refractivity (Wildman–Crippen MR) is 74.7 cm³/mol. The number of sulfonamides is 1. The van der Waals surface area contributed by atoms with E-state index in [0.29, 0.717) is 0 Å². The molecule has 1 aromatic carbocycles. The summed E-state index contributed by atoms with van der Waals surface area (Å²) >= 11 is 1.09. The molecule has 4 nitrogen and oxygen atoms in total. The van der Waals surface area contributed by atoms with Gasteiger partial charge in [-0.3, -0.25) is 4.79 Å². The third kappa shape index (κ3) is 3.85. The number of halogens is 2. The van der Waals surface area contributed by atoms with Crippen molar-refractivity contribution in [3.05, 3.63) is 52.7 Å². The Balaban J connectivity index is 2.12. The molecule has 1 aromatic heterocycles. The average Bonchev–Trinajstić information content (AvgIpc) is 2.93. The summed E-state index contributed by atoms with van der Waals surface area (Å²) in [5.41, 5.74) is 0.241. The molecule has 0 fully saturated rings. The molecule has 0 atom stereocenters. The first-order valence-corrected chi connectivity index (χ1v) is 8.25. The van der Waals surface area contributed by atoms with E-state index in [2.05, 4.69) is 0 Å². The minimum absolute atomic E-state index is 0.212. The molecule has 1 amide bonds. The summed E-state index contributed by atoms with van der Waals surface area (Å²) in [7, 11) is -4.26. The zero-order chi connectivity index (χ0) is 15.5. The van der Waals surface area contributed by atoms with E-state index in [4.69, 9.17) is 0 Å². The Kier molecular flexibility index (Phi) is 4.38. The number of carbonyl (C=O) groups is 1. The normalized spacial score (nSPS) is 12.1. The first-order chi connectivity index (χ1) is 9.81. The van der Waals surface area contributed by atoms with Crippen LogP contribution >= 0.6 is 11.3 Å². The highest BCUT2D eigenvalue weighted by atomic mass is 32.2. The van der Waals surface area contributed by atoms with Crippen LogP contribution < -0.4 is 4.72 Å². The lowest BCUT2D eigenvalue weighted by atomic mass is 10.1. The van der Waals surface area contributed by atoms with E-state index in [0.717, 1.165) is 11.3 Å². The largest absolute Gasteiger partial charge is 0.329 e. The van der Waals surface area contributed by atoms with Crippen molar-refractivity contribution < 1.29 is 22.0 Å². The van der Waals surface area contributed by atoms with Gasteiger partial charge in [0.2, 0.25) is 0 Å². The molecule has 0 spiro atoms. The summed E-state index contributed by atoms with van der Waals surface area (Å²) in [5, 5.41) is 2.73. The molecule has 1 heterocycles. The van der Waals surface area contributed by atoms with Crippen molar-refractivity contribution in [1.82, 2.24) is 4.72 Å². The van der Waals surface area contributed by atoms with E-state index in [1.807, 2.05) is 0 Å². The molecule has 1 N–H and O–H groups in total. The minimum atomic E-state index is -4.26. The van der Waals surface area contributed by atoms with Crippen LogP contribution in [0.2, 0.25) is 0 Å². The number of rotatable bonds is 5. The van der Waals surface area contributed by atoms with E-state index >= 15 is 0 Å². The summed E-state index contributed by atoms with van der Waals surface area (Å²) in [6.07, 6.45) is -0.862. The molecule has 0 saturated carbocycles. The predicted octanol–water partition coefficient (Wildman–Crippen LogP) is 2.43. The second-order valence-electron chi connectivity index (χ2n) is 4.26. The van der Waals surface area contributed by atoms with Gasteiger partial charge in [0.05, 0.1) is 4.90 Å². The maximum atomic E-state index is 13.8. The first kappa shape index (κ1) is 15.6. The van der Waals surface area contributed by atoms with Crippen LogP contribution in [-0.4, -0.2) is 20.2 Å². The zero-order valence-electron chi connectivity index (χ0n) is 10.6. The molecule has 21 heavy (non-hydrogen) atoms. The molecule has 0 unspecified atom stereocenters. The summed E-state index contributed by atoms with van der Waals surface area (Å²) in [6, 6.07) is 8.89. The number of hydrogen-bond donors (Lipinski definition) is 1. The SMILES string of the molecule is O=C(NS(=O)(=O)c1ccsc1)C(F)(F)Cc1ccccc1. The highest BCUT2D eigenvalue weighted by molar-refractivity contribution is 7.90. The van der Waals surface area contributed by atoms with Gasteiger partial charge in [-0.25, -0.2) is 13.1 Å². The van der Waals surface area contributed by atoms with Gasteiger partial charge in [0.25, 0.3) is 10.0 Å². The molecule has 2 rings (SSSR count). The van der Waals surface area contributed by atoms with Crippen LogP contribution in [-0.2, 0) is 21.2 Å². The van der Waals surface area contributed by atoms with Gasteiger partial charge in [-0.15, -0.1) is 0 Å². The lowest BCUT2D eigenvalue weighted by molar-refractivity contribution is -0.143. The summed E-state index contributed by atoms with van der Waals surface area (Å²) in [5.74, 6) is -5.65. The number of amides is 1. The van der Waals surface area contributed by atoms with Crippen LogP contribution in [0.3, 0.4) is 0 Å². The van der Waals surface area contributed by atoms with Gasteiger partial charge in [0, 0.05) is 11.8 Å². The second-order valence-corrected chi connectivity index (χ2v) is 6.72. The van der Waals surface area contributed by atoms with Gasteiger partial charge in [-0.05, 0) is 17.0 Å². The maximum Gasteiger partial charge on any atom is 0.329 e. The van der Waals surface area contributed by atoms with Crippen LogP contribution in [0.15, 0.2) is 52.1 Å².